The minimum atomic E-state index is -0.684. The molecule has 1 aromatic rings. The van der Waals surface area contributed by atoms with Crippen LogP contribution in [0, 0.1) is 0 Å². The normalized spacial score (nSPS) is 10.0. The van der Waals surface area contributed by atoms with Crippen molar-refractivity contribution in [2.24, 2.45) is 0 Å². The molecule has 0 aliphatic heterocycles. The Morgan fingerprint density at radius 3 is 2.33 bits per heavy atom. The van der Waals surface area contributed by atoms with Crippen molar-refractivity contribution in [3.63, 3.8) is 0 Å². The first kappa shape index (κ1) is 14.0. The van der Waals surface area contributed by atoms with Crippen molar-refractivity contribution in [3.05, 3.63) is 29.8 Å². The Labute approximate surface area is 106 Å². The van der Waals surface area contributed by atoms with Gasteiger partial charge >= 0.3 is 6.16 Å². The number of anilines is 1. The molecule has 1 N–H and O–H groups in total. The summed E-state index contributed by atoms with van der Waals surface area (Å²) >= 11 is 0. The molecule has 0 heterocycles. The highest BCUT2D eigenvalue weighted by Crippen LogP contribution is 2.10. The van der Waals surface area contributed by atoms with Gasteiger partial charge in [-0.05, 0) is 31.5 Å². The van der Waals surface area contributed by atoms with E-state index in [0.29, 0.717) is 5.69 Å². The number of nitrogens with one attached hydrogen (secondary N) is 1. The van der Waals surface area contributed by atoms with Gasteiger partial charge in [-0.3, -0.25) is 4.79 Å². The first-order valence-corrected chi connectivity index (χ1v) is 5.67. The van der Waals surface area contributed by atoms with Crippen molar-refractivity contribution in [1.82, 2.24) is 0 Å². The van der Waals surface area contributed by atoms with Crippen LogP contribution >= 0.6 is 0 Å². The highest BCUT2D eigenvalue weighted by Gasteiger charge is 2.06. The van der Waals surface area contributed by atoms with Gasteiger partial charge in [-0.1, -0.05) is 12.1 Å². The lowest BCUT2D eigenvalue weighted by Gasteiger charge is -2.09. The zero-order valence-corrected chi connectivity index (χ0v) is 10.7. The van der Waals surface area contributed by atoms with E-state index < -0.39 is 6.16 Å². The SMILES string of the molecule is CC(=O)Nc1ccc(COC(=O)OC(C)C)cc1. The van der Waals surface area contributed by atoms with Crippen molar-refractivity contribution < 1.29 is 19.1 Å². The average Bonchev–Trinajstić information content (AvgIpc) is 2.26. The maximum absolute atomic E-state index is 11.1. The Bertz CT molecular complexity index is 412. The van der Waals surface area contributed by atoms with Crippen LogP contribution in [0.15, 0.2) is 24.3 Å². The molecule has 0 saturated carbocycles. The van der Waals surface area contributed by atoms with Crippen LogP contribution in [0.5, 0.6) is 0 Å². The van der Waals surface area contributed by atoms with Crippen LogP contribution in [0.1, 0.15) is 26.3 Å². The van der Waals surface area contributed by atoms with Gasteiger partial charge in [0.15, 0.2) is 0 Å². The van der Waals surface area contributed by atoms with Crippen LogP contribution in [0.4, 0.5) is 10.5 Å². The molecule has 0 aliphatic carbocycles. The second kappa shape index (κ2) is 6.64. The molecule has 5 nitrogen and oxygen atoms in total. The first-order valence-electron chi connectivity index (χ1n) is 5.67. The van der Waals surface area contributed by atoms with Crippen molar-refractivity contribution in [1.29, 1.82) is 0 Å². The number of hydrogen-bond donors (Lipinski definition) is 1. The molecule has 0 aromatic heterocycles. The number of amides is 1. The molecule has 0 saturated heterocycles. The van der Waals surface area contributed by atoms with Crippen molar-refractivity contribution >= 4 is 17.7 Å². The van der Waals surface area contributed by atoms with Crippen molar-refractivity contribution in [3.8, 4) is 0 Å². The van der Waals surface area contributed by atoms with Gasteiger partial charge in [-0.15, -0.1) is 0 Å². The topological polar surface area (TPSA) is 64.6 Å². The average molecular weight is 251 g/mol. The number of rotatable bonds is 4. The molecule has 0 fully saturated rings. The Kier molecular flexibility index (Phi) is 5.17. The summed E-state index contributed by atoms with van der Waals surface area (Å²) in [5.41, 5.74) is 1.53. The standard InChI is InChI=1S/C13H17NO4/c1-9(2)18-13(16)17-8-11-4-6-12(7-5-11)14-10(3)15/h4-7,9H,8H2,1-3H3,(H,14,15). The van der Waals surface area contributed by atoms with Crippen LogP contribution in [0.25, 0.3) is 0 Å². The van der Waals surface area contributed by atoms with E-state index in [4.69, 9.17) is 9.47 Å². The highest BCUT2D eigenvalue weighted by atomic mass is 16.7. The molecule has 1 aromatic carbocycles. The molecule has 0 atom stereocenters. The van der Waals surface area contributed by atoms with Gasteiger partial charge in [0.05, 0.1) is 6.10 Å². The number of benzene rings is 1. The predicted octanol–water partition coefficient (Wildman–Crippen LogP) is 2.71. The molecule has 0 spiro atoms. The molecule has 0 radical (unpaired) electrons. The third-order valence-electron chi connectivity index (χ3n) is 1.96. The lowest BCUT2D eigenvalue weighted by molar-refractivity contribution is -0.114. The van der Waals surface area contributed by atoms with Gasteiger partial charge < -0.3 is 14.8 Å². The second-order valence-corrected chi connectivity index (χ2v) is 4.08. The van der Waals surface area contributed by atoms with Gasteiger partial charge in [0.25, 0.3) is 0 Å². The zero-order chi connectivity index (χ0) is 13.5. The van der Waals surface area contributed by atoms with Crippen molar-refractivity contribution in [2.45, 2.75) is 33.5 Å². The van der Waals surface area contributed by atoms with Gasteiger partial charge in [-0.2, -0.15) is 0 Å². The Morgan fingerprint density at radius 1 is 1.22 bits per heavy atom. The fourth-order valence-corrected chi connectivity index (χ4v) is 1.26. The number of carbonyl (C=O) groups excluding carboxylic acids is 2. The molecular formula is C13H17NO4. The van der Waals surface area contributed by atoms with E-state index in [1.165, 1.54) is 6.92 Å². The smallest absolute Gasteiger partial charge is 0.432 e. The maximum atomic E-state index is 11.1. The molecule has 0 unspecified atom stereocenters. The van der Waals surface area contributed by atoms with E-state index in [-0.39, 0.29) is 18.6 Å². The third kappa shape index (κ3) is 5.34. The summed E-state index contributed by atoms with van der Waals surface area (Å²) < 4.78 is 9.74. The first-order chi connectivity index (χ1) is 8.47. The third-order valence-corrected chi connectivity index (χ3v) is 1.96. The van der Waals surface area contributed by atoms with E-state index >= 15 is 0 Å². The monoisotopic (exact) mass is 251 g/mol. The lowest BCUT2D eigenvalue weighted by atomic mass is 10.2. The van der Waals surface area contributed by atoms with E-state index in [1.807, 2.05) is 0 Å². The Balaban J connectivity index is 2.44. The predicted molar refractivity (Wildman–Crippen MR) is 67.2 cm³/mol. The molecule has 0 aliphatic rings. The second-order valence-electron chi connectivity index (χ2n) is 4.08. The zero-order valence-electron chi connectivity index (χ0n) is 10.7. The fraction of sp³-hybridized carbons (Fsp3) is 0.385. The van der Waals surface area contributed by atoms with Gasteiger partial charge in [0.1, 0.15) is 6.61 Å². The number of ether oxygens (including phenoxy) is 2. The Hall–Kier alpha value is -2.04. The molecule has 1 amide bonds. The summed E-state index contributed by atoms with van der Waals surface area (Å²) in [5, 5.41) is 2.65. The van der Waals surface area contributed by atoms with Gasteiger partial charge in [0.2, 0.25) is 5.91 Å². The minimum Gasteiger partial charge on any atom is -0.432 e. The van der Waals surface area contributed by atoms with Crippen LogP contribution in [-0.4, -0.2) is 18.2 Å². The largest absolute Gasteiger partial charge is 0.508 e. The molecule has 18 heavy (non-hydrogen) atoms. The van der Waals surface area contributed by atoms with Crippen LogP contribution < -0.4 is 5.32 Å². The van der Waals surface area contributed by atoms with E-state index in [2.05, 4.69) is 5.32 Å². The van der Waals surface area contributed by atoms with E-state index in [9.17, 15) is 9.59 Å². The van der Waals surface area contributed by atoms with Gasteiger partial charge in [0, 0.05) is 12.6 Å². The summed E-state index contributed by atoms with van der Waals surface area (Å²) in [6, 6.07) is 7.03. The van der Waals surface area contributed by atoms with Gasteiger partial charge in [-0.25, -0.2) is 4.79 Å². The quantitative estimate of drug-likeness (QED) is 0.835. The molecular weight excluding hydrogens is 234 g/mol. The summed E-state index contributed by atoms with van der Waals surface area (Å²) in [5.74, 6) is -0.125. The van der Waals surface area contributed by atoms with Crippen LogP contribution in [0.2, 0.25) is 0 Å². The summed E-state index contributed by atoms with van der Waals surface area (Å²) in [6.07, 6.45) is -0.879. The fourth-order valence-electron chi connectivity index (χ4n) is 1.26. The summed E-state index contributed by atoms with van der Waals surface area (Å²) in [7, 11) is 0. The number of carbonyl (C=O) groups is 2. The maximum Gasteiger partial charge on any atom is 0.508 e. The summed E-state index contributed by atoms with van der Waals surface area (Å²) in [4.78, 5) is 22.0. The molecule has 1 rings (SSSR count). The number of hydrogen-bond acceptors (Lipinski definition) is 4. The van der Waals surface area contributed by atoms with Crippen molar-refractivity contribution in [2.75, 3.05) is 5.32 Å². The molecule has 5 heteroatoms. The summed E-state index contributed by atoms with van der Waals surface area (Å²) in [6.45, 7) is 5.10. The van der Waals surface area contributed by atoms with Crippen LogP contribution in [-0.2, 0) is 20.9 Å². The van der Waals surface area contributed by atoms with Crippen LogP contribution in [0.3, 0.4) is 0 Å². The molecule has 0 bridgehead atoms. The Morgan fingerprint density at radius 2 is 1.83 bits per heavy atom. The van der Waals surface area contributed by atoms with E-state index in [0.717, 1.165) is 5.56 Å². The lowest BCUT2D eigenvalue weighted by Crippen LogP contribution is -2.12. The molecule has 98 valence electrons. The highest BCUT2D eigenvalue weighted by molar-refractivity contribution is 5.88. The minimum absolute atomic E-state index is 0.125. The van der Waals surface area contributed by atoms with E-state index in [1.54, 1.807) is 38.1 Å².